The van der Waals surface area contributed by atoms with E-state index in [2.05, 4.69) is 5.32 Å². The molecule has 3 nitrogen and oxygen atoms in total. The van der Waals surface area contributed by atoms with Crippen LogP contribution in [0.2, 0.25) is 5.02 Å². The van der Waals surface area contributed by atoms with Crippen molar-refractivity contribution in [3.05, 3.63) is 59.1 Å². The van der Waals surface area contributed by atoms with E-state index in [0.29, 0.717) is 17.5 Å². The maximum absolute atomic E-state index is 12.1. The third kappa shape index (κ3) is 4.73. The van der Waals surface area contributed by atoms with Gasteiger partial charge in [-0.3, -0.25) is 4.79 Å². The van der Waals surface area contributed by atoms with Gasteiger partial charge in [-0.15, -0.1) is 0 Å². The van der Waals surface area contributed by atoms with E-state index in [1.54, 1.807) is 12.1 Å². The molecule has 0 aromatic heterocycles. The summed E-state index contributed by atoms with van der Waals surface area (Å²) in [5.41, 5.74) is 1.67. The molecule has 0 aliphatic heterocycles. The van der Waals surface area contributed by atoms with E-state index in [-0.39, 0.29) is 5.91 Å². The maximum Gasteiger partial charge on any atom is 0.228 e. The molecule has 0 heterocycles. The van der Waals surface area contributed by atoms with Crippen molar-refractivity contribution in [2.75, 3.05) is 5.32 Å². The molecule has 2 aromatic rings. The molecular formula is C19H20ClNO2. The van der Waals surface area contributed by atoms with Crippen LogP contribution in [-0.2, 0) is 11.2 Å². The summed E-state index contributed by atoms with van der Waals surface area (Å²) in [7, 11) is 0. The number of amides is 1. The van der Waals surface area contributed by atoms with Crippen molar-refractivity contribution in [2.24, 2.45) is 0 Å². The second-order valence-electron chi connectivity index (χ2n) is 5.90. The van der Waals surface area contributed by atoms with Gasteiger partial charge in [0, 0.05) is 10.7 Å². The van der Waals surface area contributed by atoms with E-state index in [0.717, 1.165) is 29.8 Å². The van der Waals surface area contributed by atoms with Crippen molar-refractivity contribution in [2.45, 2.75) is 38.2 Å². The van der Waals surface area contributed by atoms with E-state index in [1.165, 1.54) is 12.8 Å². The molecule has 23 heavy (non-hydrogen) atoms. The zero-order chi connectivity index (χ0) is 16.1. The fourth-order valence-electron chi connectivity index (χ4n) is 2.85. The topological polar surface area (TPSA) is 38.3 Å². The maximum atomic E-state index is 12.1. The van der Waals surface area contributed by atoms with Crippen molar-refractivity contribution >= 4 is 23.2 Å². The highest BCUT2D eigenvalue weighted by Gasteiger charge is 2.16. The molecule has 0 spiro atoms. The zero-order valence-corrected chi connectivity index (χ0v) is 13.7. The number of rotatable bonds is 5. The Bertz CT molecular complexity index is 663. The first-order valence-corrected chi connectivity index (χ1v) is 8.38. The van der Waals surface area contributed by atoms with Crippen LogP contribution < -0.4 is 10.1 Å². The molecule has 1 fully saturated rings. The molecule has 120 valence electrons. The van der Waals surface area contributed by atoms with Crippen LogP contribution in [0, 0.1) is 0 Å². The van der Waals surface area contributed by atoms with Crippen LogP contribution in [0.5, 0.6) is 5.75 Å². The number of carbonyl (C=O) groups is 1. The summed E-state index contributed by atoms with van der Waals surface area (Å²) in [6.07, 6.45) is 5.43. The van der Waals surface area contributed by atoms with E-state index in [9.17, 15) is 4.79 Å². The lowest BCUT2D eigenvalue weighted by Gasteiger charge is -2.13. The highest BCUT2D eigenvalue weighted by molar-refractivity contribution is 6.30. The van der Waals surface area contributed by atoms with E-state index in [4.69, 9.17) is 16.3 Å². The van der Waals surface area contributed by atoms with Crippen molar-refractivity contribution < 1.29 is 9.53 Å². The van der Waals surface area contributed by atoms with Crippen LogP contribution in [0.15, 0.2) is 48.5 Å². The number of benzene rings is 2. The first-order valence-electron chi connectivity index (χ1n) is 8.00. The quantitative estimate of drug-likeness (QED) is 0.852. The molecule has 0 atom stereocenters. The lowest BCUT2D eigenvalue weighted by atomic mass is 10.1. The van der Waals surface area contributed by atoms with E-state index in [1.807, 2.05) is 36.4 Å². The Hall–Kier alpha value is -2.00. The Labute approximate surface area is 141 Å². The summed E-state index contributed by atoms with van der Waals surface area (Å²) in [4.78, 5) is 12.1. The summed E-state index contributed by atoms with van der Waals surface area (Å²) in [6, 6.07) is 14.9. The van der Waals surface area contributed by atoms with Gasteiger partial charge in [0.15, 0.2) is 0 Å². The minimum Gasteiger partial charge on any atom is -0.490 e. The van der Waals surface area contributed by atoms with Gasteiger partial charge in [-0.25, -0.2) is 0 Å². The SMILES string of the molecule is O=C(Cc1cccc(Cl)c1)Nc1ccc(OC2CCCC2)cc1. The molecule has 4 heteroatoms. The number of carbonyl (C=O) groups excluding carboxylic acids is 1. The second kappa shape index (κ2) is 7.51. The second-order valence-corrected chi connectivity index (χ2v) is 6.34. The van der Waals surface area contributed by atoms with Gasteiger partial charge in [0.25, 0.3) is 0 Å². The monoisotopic (exact) mass is 329 g/mol. The number of nitrogens with one attached hydrogen (secondary N) is 1. The largest absolute Gasteiger partial charge is 0.490 e. The number of hydrogen-bond donors (Lipinski definition) is 1. The summed E-state index contributed by atoms with van der Waals surface area (Å²) < 4.78 is 5.92. The Morgan fingerprint density at radius 2 is 1.87 bits per heavy atom. The number of anilines is 1. The van der Waals surface area contributed by atoms with Crippen molar-refractivity contribution in [3.8, 4) is 5.75 Å². The van der Waals surface area contributed by atoms with Gasteiger partial charge in [-0.05, 0) is 67.6 Å². The first kappa shape index (κ1) is 15.9. The van der Waals surface area contributed by atoms with Crippen LogP contribution in [0.25, 0.3) is 0 Å². The van der Waals surface area contributed by atoms with E-state index < -0.39 is 0 Å². The highest BCUT2D eigenvalue weighted by atomic mass is 35.5. The van der Waals surface area contributed by atoms with Crippen molar-refractivity contribution in [3.63, 3.8) is 0 Å². The number of ether oxygens (including phenoxy) is 1. The number of halogens is 1. The highest BCUT2D eigenvalue weighted by Crippen LogP contribution is 2.25. The van der Waals surface area contributed by atoms with Gasteiger partial charge < -0.3 is 10.1 Å². The third-order valence-corrected chi connectivity index (χ3v) is 4.23. The first-order chi connectivity index (χ1) is 11.2. The standard InChI is InChI=1S/C19H20ClNO2/c20-15-5-3-4-14(12-15)13-19(22)21-16-8-10-18(11-9-16)23-17-6-1-2-7-17/h3-5,8-12,17H,1-2,6-7,13H2,(H,21,22). The molecule has 3 rings (SSSR count). The smallest absolute Gasteiger partial charge is 0.228 e. The third-order valence-electron chi connectivity index (χ3n) is 4.00. The number of hydrogen-bond acceptors (Lipinski definition) is 2. The fourth-order valence-corrected chi connectivity index (χ4v) is 3.07. The van der Waals surface area contributed by atoms with E-state index >= 15 is 0 Å². The minimum atomic E-state index is -0.0586. The Morgan fingerprint density at radius 3 is 2.57 bits per heavy atom. The Morgan fingerprint density at radius 1 is 1.13 bits per heavy atom. The predicted octanol–water partition coefficient (Wildman–Crippen LogP) is 4.84. The molecule has 1 aliphatic rings. The zero-order valence-electron chi connectivity index (χ0n) is 12.9. The van der Waals surface area contributed by atoms with Crippen molar-refractivity contribution in [1.29, 1.82) is 0 Å². The van der Waals surface area contributed by atoms with Crippen LogP contribution in [-0.4, -0.2) is 12.0 Å². The van der Waals surface area contributed by atoms with Crippen LogP contribution in [0.1, 0.15) is 31.2 Å². The van der Waals surface area contributed by atoms with Gasteiger partial charge in [-0.2, -0.15) is 0 Å². The fraction of sp³-hybridized carbons (Fsp3) is 0.316. The average molecular weight is 330 g/mol. The molecule has 1 N–H and O–H groups in total. The normalized spacial score (nSPS) is 14.7. The molecule has 1 saturated carbocycles. The molecule has 0 unspecified atom stereocenters. The van der Waals surface area contributed by atoms with Crippen molar-refractivity contribution in [1.82, 2.24) is 0 Å². The lowest BCUT2D eigenvalue weighted by molar-refractivity contribution is -0.115. The average Bonchev–Trinajstić information content (AvgIpc) is 3.02. The molecule has 0 bridgehead atoms. The minimum absolute atomic E-state index is 0.0586. The Kier molecular flexibility index (Phi) is 5.19. The summed E-state index contributed by atoms with van der Waals surface area (Å²) in [5, 5.41) is 3.54. The molecular weight excluding hydrogens is 310 g/mol. The van der Waals surface area contributed by atoms with Crippen LogP contribution in [0.4, 0.5) is 5.69 Å². The lowest BCUT2D eigenvalue weighted by Crippen LogP contribution is -2.14. The summed E-state index contributed by atoms with van der Waals surface area (Å²) >= 11 is 5.93. The van der Waals surface area contributed by atoms with Crippen LogP contribution in [0.3, 0.4) is 0 Å². The van der Waals surface area contributed by atoms with Gasteiger partial charge in [-0.1, -0.05) is 23.7 Å². The molecule has 2 aromatic carbocycles. The summed E-state index contributed by atoms with van der Waals surface area (Å²) in [6.45, 7) is 0. The molecule has 1 amide bonds. The molecule has 0 radical (unpaired) electrons. The summed E-state index contributed by atoms with van der Waals surface area (Å²) in [5.74, 6) is 0.807. The van der Waals surface area contributed by atoms with Gasteiger partial charge >= 0.3 is 0 Å². The predicted molar refractivity (Wildman–Crippen MR) is 93.1 cm³/mol. The van der Waals surface area contributed by atoms with Crippen LogP contribution >= 0.6 is 11.6 Å². The molecule has 0 saturated heterocycles. The molecule has 1 aliphatic carbocycles. The van der Waals surface area contributed by atoms with Gasteiger partial charge in [0.1, 0.15) is 5.75 Å². The Balaban J connectivity index is 1.54. The van der Waals surface area contributed by atoms with Gasteiger partial charge in [0.05, 0.1) is 12.5 Å². The van der Waals surface area contributed by atoms with Gasteiger partial charge in [0.2, 0.25) is 5.91 Å².